The first-order chi connectivity index (χ1) is 8.22. The summed E-state index contributed by atoms with van der Waals surface area (Å²) >= 11 is 1.61. The fraction of sp³-hybridized carbons (Fsp3) is 0.333. The molecule has 1 heterocycles. The number of thiophene rings is 1. The third-order valence-corrected chi connectivity index (χ3v) is 3.58. The Morgan fingerprint density at radius 3 is 3.00 bits per heavy atom. The molecule has 0 unspecified atom stereocenters. The molecule has 1 N–H and O–H groups in total. The van der Waals surface area contributed by atoms with E-state index >= 15 is 0 Å². The highest BCUT2D eigenvalue weighted by atomic mass is 32.1. The SMILES string of the molecule is CCCCNc1csc2ccc([N+](=O)[O-])cc12. The number of nitrogens with zero attached hydrogens (tertiary/aromatic N) is 1. The maximum Gasteiger partial charge on any atom is 0.270 e. The molecule has 4 nitrogen and oxygen atoms in total. The zero-order valence-electron chi connectivity index (χ0n) is 9.60. The van der Waals surface area contributed by atoms with Gasteiger partial charge in [0.1, 0.15) is 0 Å². The highest BCUT2D eigenvalue weighted by molar-refractivity contribution is 7.17. The van der Waals surface area contributed by atoms with E-state index in [2.05, 4.69) is 12.2 Å². The lowest BCUT2D eigenvalue weighted by Crippen LogP contribution is -1.99. The lowest BCUT2D eigenvalue weighted by molar-refractivity contribution is -0.384. The maximum absolute atomic E-state index is 10.7. The molecule has 0 spiro atoms. The second kappa shape index (κ2) is 5.14. The molecule has 0 atom stereocenters. The van der Waals surface area contributed by atoms with Crippen molar-refractivity contribution in [3.8, 4) is 0 Å². The zero-order valence-corrected chi connectivity index (χ0v) is 10.4. The summed E-state index contributed by atoms with van der Waals surface area (Å²) in [6, 6.07) is 5.00. The highest BCUT2D eigenvalue weighted by Gasteiger charge is 2.10. The second-order valence-corrected chi connectivity index (χ2v) is 4.78. The number of hydrogen-bond donors (Lipinski definition) is 1. The first-order valence-electron chi connectivity index (χ1n) is 5.62. The molecule has 0 radical (unpaired) electrons. The summed E-state index contributed by atoms with van der Waals surface area (Å²) < 4.78 is 1.08. The van der Waals surface area contributed by atoms with E-state index in [1.165, 1.54) is 0 Å². The van der Waals surface area contributed by atoms with Gasteiger partial charge in [-0.15, -0.1) is 11.3 Å². The van der Waals surface area contributed by atoms with Crippen molar-refractivity contribution in [1.29, 1.82) is 0 Å². The van der Waals surface area contributed by atoms with Crippen LogP contribution in [-0.2, 0) is 0 Å². The van der Waals surface area contributed by atoms with Gasteiger partial charge in [-0.1, -0.05) is 13.3 Å². The molecule has 2 aromatic rings. The molecule has 2 rings (SSSR count). The van der Waals surface area contributed by atoms with Crippen LogP contribution < -0.4 is 5.32 Å². The fourth-order valence-corrected chi connectivity index (χ4v) is 2.56. The van der Waals surface area contributed by atoms with Crippen LogP contribution in [0.15, 0.2) is 23.6 Å². The lowest BCUT2D eigenvalue weighted by Gasteiger charge is -2.03. The molecule has 0 aliphatic rings. The topological polar surface area (TPSA) is 55.2 Å². The Balaban J connectivity index is 2.30. The predicted octanol–water partition coefficient (Wildman–Crippen LogP) is 4.02. The molecule has 1 aromatic carbocycles. The standard InChI is InChI=1S/C12H14N2O2S/c1-2-3-6-13-11-8-17-12-5-4-9(14(15)16)7-10(11)12/h4-5,7-8,13H,2-3,6H2,1H3. The summed E-state index contributed by atoms with van der Waals surface area (Å²) in [5, 5.41) is 17.0. The maximum atomic E-state index is 10.7. The minimum absolute atomic E-state index is 0.148. The summed E-state index contributed by atoms with van der Waals surface area (Å²) in [6.45, 7) is 3.04. The Kier molecular flexibility index (Phi) is 3.58. The van der Waals surface area contributed by atoms with Gasteiger partial charge in [0.2, 0.25) is 0 Å². The highest BCUT2D eigenvalue weighted by Crippen LogP contribution is 2.32. The summed E-state index contributed by atoms with van der Waals surface area (Å²) in [7, 11) is 0. The Hall–Kier alpha value is -1.62. The molecule has 0 fully saturated rings. The fourth-order valence-electron chi connectivity index (χ4n) is 1.67. The number of nitrogens with one attached hydrogen (secondary N) is 1. The number of unbranched alkanes of at least 4 members (excludes halogenated alkanes) is 1. The van der Waals surface area contributed by atoms with Crippen LogP contribution in [0.2, 0.25) is 0 Å². The van der Waals surface area contributed by atoms with Crippen molar-refractivity contribution in [2.45, 2.75) is 19.8 Å². The van der Waals surface area contributed by atoms with E-state index in [4.69, 9.17) is 0 Å². The van der Waals surface area contributed by atoms with Gasteiger partial charge < -0.3 is 5.32 Å². The van der Waals surface area contributed by atoms with Crippen molar-refractivity contribution in [3.05, 3.63) is 33.7 Å². The monoisotopic (exact) mass is 250 g/mol. The summed E-state index contributed by atoms with van der Waals surface area (Å²) in [5.41, 5.74) is 1.15. The average Bonchev–Trinajstić information content (AvgIpc) is 2.72. The number of nitro groups is 1. The van der Waals surface area contributed by atoms with E-state index < -0.39 is 0 Å². The molecule has 0 aliphatic heterocycles. The van der Waals surface area contributed by atoms with Crippen molar-refractivity contribution in [2.24, 2.45) is 0 Å². The minimum Gasteiger partial charge on any atom is -0.384 e. The zero-order chi connectivity index (χ0) is 12.3. The minimum atomic E-state index is -0.354. The van der Waals surface area contributed by atoms with Crippen molar-refractivity contribution < 1.29 is 4.92 Å². The number of anilines is 1. The molecule has 1 aromatic heterocycles. The Labute approximate surface area is 103 Å². The molecular weight excluding hydrogens is 236 g/mol. The van der Waals surface area contributed by atoms with Crippen LogP contribution >= 0.6 is 11.3 Å². The van der Waals surface area contributed by atoms with Crippen LogP contribution in [0.1, 0.15) is 19.8 Å². The molecule has 0 saturated carbocycles. The molecular formula is C12H14N2O2S. The van der Waals surface area contributed by atoms with E-state index in [-0.39, 0.29) is 10.6 Å². The predicted molar refractivity (Wildman–Crippen MR) is 71.9 cm³/mol. The number of non-ortho nitro benzene ring substituents is 1. The summed E-state index contributed by atoms with van der Waals surface area (Å²) in [4.78, 5) is 10.4. The van der Waals surface area contributed by atoms with Crippen molar-refractivity contribution in [1.82, 2.24) is 0 Å². The van der Waals surface area contributed by atoms with Gasteiger partial charge in [0, 0.05) is 34.1 Å². The van der Waals surface area contributed by atoms with Crippen molar-refractivity contribution in [2.75, 3.05) is 11.9 Å². The Morgan fingerprint density at radius 2 is 2.29 bits per heavy atom. The van der Waals surface area contributed by atoms with Crippen LogP contribution in [0.25, 0.3) is 10.1 Å². The van der Waals surface area contributed by atoms with Gasteiger partial charge in [0.15, 0.2) is 0 Å². The number of hydrogen-bond acceptors (Lipinski definition) is 4. The van der Waals surface area contributed by atoms with E-state index in [0.29, 0.717) is 0 Å². The van der Waals surface area contributed by atoms with Gasteiger partial charge in [-0.25, -0.2) is 0 Å². The van der Waals surface area contributed by atoms with Gasteiger partial charge in [-0.05, 0) is 12.5 Å². The van der Waals surface area contributed by atoms with Crippen LogP contribution in [0, 0.1) is 10.1 Å². The largest absolute Gasteiger partial charge is 0.384 e. The lowest BCUT2D eigenvalue weighted by atomic mass is 10.2. The first-order valence-corrected chi connectivity index (χ1v) is 6.50. The molecule has 0 aliphatic carbocycles. The number of nitro benzene ring substituents is 1. The van der Waals surface area contributed by atoms with Crippen LogP contribution in [0.5, 0.6) is 0 Å². The number of fused-ring (bicyclic) bond motifs is 1. The third-order valence-electron chi connectivity index (χ3n) is 2.61. The Bertz CT molecular complexity index is 536. The number of benzene rings is 1. The molecule has 0 saturated heterocycles. The quantitative estimate of drug-likeness (QED) is 0.495. The van der Waals surface area contributed by atoms with Crippen LogP contribution in [-0.4, -0.2) is 11.5 Å². The molecule has 90 valence electrons. The van der Waals surface area contributed by atoms with Gasteiger partial charge in [0.25, 0.3) is 5.69 Å². The second-order valence-electron chi connectivity index (χ2n) is 3.87. The smallest absolute Gasteiger partial charge is 0.270 e. The van der Waals surface area contributed by atoms with Gasteiger partial charge in [-0.3, -0.25) is 10.1 Å². The molecule has 17 heavy (non-hydrogen) atoms. The van der Waals surface area contributed by atoms with Gasteiger partial charge >= 0.3 is 0 Å². The van der Waals surface area contributed by atoms with E-state index in [1.807, 2.05) is 11.4 Å². The molecule has 5 heteroatoms. The van der Waals surface area contributed by atoms with Crippen molar-refractivity contribution >= 4 is 32.8 Å². The van der Waals surface area contributed by atoms with E-state index in [9.17, 15) is 10.1 Å². The van der Waals surface area contributed by atoms with Crippen LogP contribution in [0.3, 0.4) is 0 Å². The third kappa shape index (κ3) is 2.55. The van der Waals surface area contributed by atoms with Crippen molar-refractivity contribution in [3.63, 3.8) is 0 Å². The first kappa shape index (κ1) is 11.9. The number of rotatable bonds is 5. The van der Waals surface area contributed by atoms with Crippen LogP contribution in [0.4, 0.5) is 11.4 Å². The van der Waals surface area contributed by atoms with Gasteiger partial charge in [-0.2, -0.15) is 0 Å². The Morgan fingerprint density at radius 1 is 1.47 bits per heavy atom. The summed E-state index contributed by atoms with van der Waals surface area (Å²) in [5.74, 6) is 0. The normalized spacial score (nSPS) is 10.6. The average molecular weight is 250 g/mol. The molecule has 0 bridgehead atoms. The van der Waals surface area contributed by atoms with Gasteiger partial charge in [0.05, 0.1) is 10.6 Å². The summed E-state index contributed by atoms with van der Waals surface area (Å²) in [6.07, 6.45) is 2.24. The van der Waals surface area contributed by atoms with E-state index in [0.717, 1.165) is 35.2 Å². The molecule has 0 amide bonds. The van der Waals surface area contributed by atoms with E-state index in [1.54, 1.807) is 23.5 Å².